The van der Waals surface area contributed by atoms with E-state index in [2.05, 4.69) is 5.16 Å². The minimum Gasteiger partial charge on any atom is -0.354 e. The van der Waals surface area contributed by atoms with Crippen LogP contribution in [0.5, 0.6) is 0 Å². The van der Waals surface area contributed by atoms with Gasteiger partial charge < -0.3 is 4.52 Å². The molecule has 0 unspecified atom stereocenters. The first-order valence-electron chi connectivity index (χ1n) is 6.48. The molecule has 0 saturated carbocycles. The molecular weight excluding hydrogens is 282 g/mol. The number of aromatic nitrogens is 1. The van der Waals surface area contributed by atoms with E-state index in [0.29, 0.717) is 27.7 Å². The Morgan fingerprint density at radius 3 is 2.36 bits per heavy atom. The summed E-state index contributed by atoms with van der Waals surface area (Å²) in [5, 5.41) is 13.2. The fourth-order valence-corrected chi connectivity index (χ4v) is 2.54. The number of carbonyl (C=O) groups excluding carboxylic acids is 2. The van der Waals surface area contributed by atoms with Gasteiger partial charge in [-0.1, -0.05) is 17.3 Å². The lowest BCUT2D eigenvalue weighted by Crippen LogP contribution is -2.29. The topological polar surface area (TPSA) is 87.2 Å². The van der Waals surface area contributed by atoms with Gasteiger partial charge in [-0.2, -0.15) is 5.26 Å². The number of amides is 2. The second kappa shape index (κ2) is 4.27. The van der Waals surface area contributed by atoms with Gasteiger partial charge >= 0.3 is 0 Å². The Morgan fingerprint density at radius 1 is 1.05 bits per heavy atom. The van der Waals surface area contributed by atoms with Crippen LogP contribution >= 0.6 is 0 Å². The molecule has 6 heteroatoms. The third-order valence-corrected chi connectivity index (χ3v) is 3.59. The van der Waals surface area contributed by atoms with E-state index in [4.69, 9.17) is 9.78 Å². The van der Waals surface area contributed by atoms with Gasteiger partial charge in [0.2, 0.25) is 0 Å². The number of rotatable bonds is 1. The summed E-state index contributed by atoms with van der Waals surface area (Å²) in [5.74, 6) is -0.717. The van der Waals surface area contributed by atoms with Crippen LogP contribution < -0.4 is 4.90 Å². The van der Waals surface area contributed by atoms with Crippen LogP contribution in [-0.2, 0) is 0 Å². The molecule has 0 spiro atoms. The van der Waals surface area contributed by atoms with E-state index < -0.39 is 11.8 Å². The largest absolute Gasteiger partial charge is 0.354 e. The van der Waals surface area contributed by atoms with E-state index in [1.165, 1.54) is 6.07 Å². The van der Waals surface area contributed by atoms with E-state index in [-0.39, 0.29) is 5.82 Å². The van der Waals surface area contributed by atoms with Crippen molar-refractivity contribution < 1.29 is 14.1 Å². The maximum Gasteiger partial charge on any atom is 0.267 e. The van der Waals surface area contributed by atoms with E-state index >= 15 is 0 Å². The summed E-state index contributed by atoms with van der Waals surface area (Å²) >= 11 is 0. The molecule has 0 atom stereocenters. The fraction of sp³-hybridized carbons (Fsp3) is 0. The Kier molecular flexibility index (Phi) is 2.38. The van der Waals surface area contributed by atoms with Gasteiger partial charge in [-0.3, -0.25) is 9.59 Å². The normalized spacial score (nSPS) is 13.5. The number of anilines is 1. The molecule has 0 bridgehead atoms. The van der Waals surface area contributed by atoms with Crippen molar-refractivity contribution in [3.63, 3.8) is 0 Å². The van der Waals surface area contributed by atoms with Gasteiger partial charge in [0, 0.05) is 6.07 Å². The number of carbonyl (C=O) groups is 2. The maximum atomic E-state index is 12.4. The summed E-state index contributed by atoms with van der Waals surface area (Å²) in [5.41, 5.74) is 1.46. The SMILES string of the molecule is N#Cc1ccc2c(N3C(=O)c4ccccc4C3=O)noc2c1. The quantitative estimate of drug-likeness (QED) is 0.642. The predicted octanol–water partition coefficient (Wildman–Crippen LogP) is 2.50. The number of hydrogen-bond donors (Lipinski definition) is 0. The Morgan fingerprint density at radius 2 is 1.73 bits per heavy atom. The van der Waals surface area contributed by atoms with Gasteiger partial charge in [-0.25, -0.2) is 4.90 Å². The number of imide groups is 1. The van der Waals surface area contributed by atoms with Crippen LogP contribution in [0.25, 0.3) is 11.0 Å². The van der Waals surface area contributed by atoms with Gasteiger partial charge in [0.25, 0.3) is 11.8 Å². The van der Waals surface area contributed by atoms with Crippen molar-refractivity contribution in [2.75, 3.05) is 4.90 Å². The molecule has 6 nitrogen and oxygen atoms in total. The van der Waals surface area contributed by atoms with Crippen molar-refractivity contribution in [3.8, 4) is 6.07 Å². The first-order valence-corrected chi connectivity index (χ1v) is 6.48. The molecule has 1 aromatic heterocycles. The van der Waals surface area contributed by atoms with E-state index in [9.17, 15) is 9.59 Å². The molecule has 1 aliphatic rings. The molecule has 0 radical (unpaired) electrons. The molecule has 2 amide bonds. The molecule has 0 aliphatic carbocycles. The summed E-state index contributed by atoms with van der Waals surface area (Å²) < 4.78 is 5.15. The molecule has 22 heavy (non-hydrogen) atoms. The second-order valence-electron chi connectivity index (χ2n) is 4.82. The third-order valence-electron chi connectivity index (χ3n) is 3.59. The predicted molar refractivity (Wildman–Crippen MR) is 76.3 cm³/mol. The number of nitriles is 1. The first-order chi connectivity index (χ1) is 10.7. The van der Waals surface area contributed by atoms with Crippen LogP contribution in [0, 0.1) is 11.3 Å². The van der Waals surface area contributed by atoms with Crippen LogP contribution in [0.2, 0.25) is 0 Å². The van der Waals surface area contributed by atoms with Crippen molar-refractivity contribution in [1.29, 1.82) is 5.26 Å². The van der Waals surface area contributed by atoms with Gasteiger partial charge in [0.15, 0.2) is 11.4 Å². The lowest BCUT2D eigenvalue weighted by atomic mass is 10.1. The smallest absolute Gasteiger partial charge is 0.267 e. The van der Waals surface area contributed by atoms with Crippen LogP contribution in [0.15, 0.2) is 47.0 Å². The number of hydrogen-bond acceptors (Lipinski definition) is 5. The fourth-order valence-electron chi connectivity index (χ4n) is 2.54. The van der Waals surface area contributed by atoms with Crippen LogP contribution in [0.3, 0.4) is 0 Å². The summed E-state index contributed by atoms with van der Waals surface area (Å²) in [6, 6.07) is 13.3. The highest BCUT2D eigenvalue weighted by Gasteiger charge is 2.38. The highest BCUT2D eigenvalue weighted by molar-refractivity contribution is 6.35. The lowest BCUT2D eigenvalue weighted by molar-refractivity contribution is 0.0924. The van der Waals surface area contributed by atoms with Crippen molar-refractivity contribution in [3.05, 3.63) is 59.2 Å². The molecule has 3 aromatic rings. The second-order valence-corrected chi connectivity index (χ2v) is 4.82. The van der Waals surface area contributed by atoms with E-state index in [1.54, 1.807) is 36.4 Å². The molecule has 1 aliphatic heterocycles. The number of nitrogens with zero attached hydrogens (tertiary/aromatic N) is 3. The highest BCUT2D eigenvalue weighted by Crippen LogP contribution is 2.33. The maximum absolute atomic E-state index is 12.4. The van der Waals surface area contributed by atoms with E-state index in [1.807, 2.05) is 6.07 Å². The van der Waals surface area contributed by atoms with E-state index in [0.717, 1.165) is 4.90 Å². The molecule has 2 aromatic carbocycles. The third kappa shape index (κ3) is 1.50. The van der Waals surface area contributed by atoms with Crippen LogP contribution in [0.1, 0.15) is 26.3 Å². The Hall–Kier alpha value is -3.46. The molecule has 4 rings (SSSR count). The number of fused-ring (bicyclic) bond motifs is 2. The summed E-state index contributed by atoms with van der Waals surface area (Å²) in [6.07, 6.45) is 0. The standard InChI is InChI=1S/C16H7N3O3/c17-8-9-5-6-12-13(7-9)22-18-14(12)19-15(20)10-3-1-2-4-11(10)16(19)21/h1-7H. The summed E-state index contributed by atoms with van der Waals surface area (Å²) in [7, 11) is 0. The molecule has 104 valence electrons. The first kappa shape index (κ1) is 12.3. The summed E-state index contributed by atoms with van der Waals surface area (Å²) in [4.78, 5) is 25.9. The van der Waals surface area contributed by atoms with Crippen molar-refractivity contribution in [2.24, 2.45) is 0 Å². The van der Waals surface area contributed by atoms with Crippen molar-refractivity contribution in [2.45, 2.75) is 0 Å². The zero-order chi connectivity index (χ0) is 15.3. The Labute approximate surface area is 124 Å². The molecule has 0 fully saturated rings. The molecule has 0 saturated heterocycles. The molecular formula is C16H7N3O3. The zero-order valence-electron chi connectivity index (χ0n) is 11.1. The number of benzene rings is 2. The molecule has 2 heterocycles. The highest BCUT2D eigenvalue weighted by atomic mass is 16.5. The molecule has 0 N–H and O–H groups in total. The average molecular weight is 289 g/mol. The Bertz CT molecular complexity index is 962. The average Bonchev–Trinajstić information content (AvgIpc) is 3.07. The van der Waals surface area contributed by atoms with Gasteiger partial charge in [0.1, 0.15) is 0 Å². The lowest BCUT2D eigenvalue weighted by Gasteiger charge is -2.09. The van der Waals surface area contributed by atoms with Gasteiger partial charge in [0.05, 0.1) is 28.1 Å². The van der Waals surface area contributed by atoms with Crippen molar-refractivity contribution in [1.82, 2.24) is 5.16 Å². The Balaban J connectivity index is 1.89. The minimum absolute atomic E-state index is 0.144. The van der Waals surface area contributed by atoms with Gasteiger partial charge in [-0.15, -0.1) is 0 Å². The van der Waals surface area contributed by atoms with Crippen LogP contribution in [0.4, 0.5) is 5.82 Å². The van der Waals surface area contributed by atoms with Crippen molar-refractivity contribution >= 4 is 28.6 Å². The monoisotopic (exact) mass is 289 g/mol. The minimum atomic E-state index is -0.430. The summed E-state index contributed by atoms with van der Waals surface area (Å²) in [6.45, 7) is 0. The zero-order valence-corrected chi connectivity index (χ0v) is 11.1. The van der Waals surface area contributed by atoms with Crippen LogP contribution in [-0.4, -0.2) is 17.0 Å². The van der Waals surface area contributed by atoms with Gasteiger partial charge in [-0.05, 0) is 24.3 Å².